The summed E-state index contributed by atoms with van der Waals surface area (Å²) in [5, 5.41) is 4.02. The van der Waals surface area contributed by atoms with Crippen LogP contribution in [0.4, 0.5) is 0 Å². The SMILES string of the molecule is CC.CC(C)CCNC(=O)C(c1ccc(Cl)c(Cl)c1)C(C)C. The van der Waals surface area contributed by atoms with Crippen molar-refractivity contribution < 1.29 is 4.79 Å². The van der Waals surface area contributed by atoms with E-state index in [0.29, 0.717) is 22.5 Å². The van der Waals surface area contributed by atoms with Gasteiger partial charge in [0.25, 0.3) is 0 Å². The van der Waals surface area contributed by atoms with E-state index in [1.807, 2.05) is 33.8 Å². The van der Waals surface area contributed by atoms with Crippen LogP contribution in [0.2, 0.25) is 10.0 Å². The van der Waals surface area contributed by atoms with Crippen LogP contribution in [0, 0.1) is 11.8 Å². The Balaban J connectivity index is 0.00000211. The van der Waals surface area contributed by atoms with E-state index in [9.17, 15) is 4.79 Å². The van der Waals surface area contributed by atoms with E-state index in [-0.39, 0.29) is 17.7 Å². The molecule has 1 amide bonds. The van der Waals surface area contributed by atoms with Gasteiger partial charge >= 0.3 is 0 Å². The summed E-state index contributed by atoms with van der Waals surface area (Å²) < 4.78 is 0. The normalized spacial score (nSPS) is 11.9. The zero-order chi connectivity index (χ0) is 17.3. The summed E-state index contributed by atoms with van der Waals surface area (Å²) in [5.41, 5.74) is 0.913. The van der Waals surface area contributed by atoms with Crippen LogP contribution in [0.15, 0.2) is 18.2 Å². The van der Waals surface area contributed by atoms with Gasteiger partial charge in [-0.3, -0.25) is 4.79 Å². The van der Waals surface area contributed by atoms with Gasteiger partial charge in [-0.15, -0.1) is 0 Å². The van der Waals surface area contributed by atoms with Crippen molar-refractivity contribution in [2.24, 2.45) is 11.8 Å². The number of hydrogen-bond acceptors (Lipinski definition) is 1. The maximum atomic E-state index is 12.4. The molecule has 0 aliphatic heterocycles. The Morgan fingerprint density at radius 2 is 1.68 bits per heavy atom. The molecule has 0 fully saturated rings. The molecule has 1 aromatic rings. The minimum Gasteiger partial charge on any atom is -0.356 e. The molecule has 0 radical (unpaired) electrons. The number of benzene rings is 1. The van der Waals surface area contributed by atoms with Gasteiger partial charge < -0.3 is 5.32 Å². The van der Waals surface area contributed by atoms with E-state index in [1.54, 1.807) is 12.1 Å². The third-order valence-electron chi connectivity index (χ3n) is 3.27. The highest BCUT2D eigenvalue weighted by atomic mass is 35.5. The zero-order valence-corrected chi connectivity index (χ0v) is 16.1. The van der Waals surface area contributed by atoms with Gasteiger partial charge in [0.05, 0.1) is 16.0 Å². The van der Waals surface area contributed by atoms with Crippen LogP contribution in [-0.2, 0) is 4.79 Å². The first-order valence-electron chi connectivity index (χ1n) is 8.05. The number of rotatable bonds is 6. The predicted molar refractivity (Wildman–Crippen MR) is 97.9 cm³/mol. The Morgan fingerprint density at radius 3 is 2.14 bits per heavy atom. The van der Waals surface area contributed by atoms with Crippen LogP contribution in [0.1, 0.15) is 59.4 Å². The fraction of sp³-hybridized carbons (Fsp3) is 0.611. The van der Waals surface area contributed by atoms with Gasteiger partial charge in [0, 0.05) is 6.54 Å². The van der Waals surface area contributed by atoms with Gasteiger partial charge in [0.2, 0.25) is 5.91 Å². The van der Waals surface area contributed by atoms with E-state index in [4.69, 9.17) is 23.2 Å². The minimum atomic E-state index is -0.197. The first-order chi connectivity index (χ1) is 10.3. The molecule has 0 saturated carbocycles. The number of nitrogens with one attached hydrogen (secondary N) is 1. The highest BCUT2D eigenvalue weighted by Gasteiger charge is 2.24. The highest BCUT2D eigenvalue weighted by Crippen LogP contribution is 2.30. The van der Waals surface area contributed by atoms with E-state index in [0.717, 1.165) is 12.0 Å². The molecule has 0 spiro atoms. The summed E-state index contributed by atoms with van der Waals surface area (Å²) in [4.78, 5) is 12.4. The lowest BCUT2D eigenvalue weighted by atomic mass is 9.87. The Hall–Kier alpha value is -0.730. The van der Waals surface area contributed by atoms with E-state index >= 15 is 0 Å². The van der Waals surface area contributed by atoms with Gasteiger partial charge in [-0.05, 0) is 36.0 Å². The van der Waals surface area contributed by atoms with E-state index in [2.05, 4.69) is 19.2 Å². The molecule has 1 unspecified atom stereocenters. The molecule has 0 bridgehead atoms. The molecule has 1 N–H and O–H groups in total. The Labute approximate surface area is 145 Å². The number of amides is 1. The Bertz CT molecular complexity index is 458. The lowest BCUT2D eigenvalue weighted by Crippen LogP contribution is -2.33. The second kappa shape index (κ2) is 10.9. The molecular weight excluding hydrogens is 317 g/mol. The van der Waals surface area contributed by atoms with E-state index < -0.39 is 0 Å². The fourth-order valence-corrected chi connectivity index (χ4v) is 2.45. The maximum absolute atomic E-state index is 12.4. The van der Waals surface area contributed by atoms with Gasteiger partial charge in [0.15, 0.2) is 0 Å². The van der Waals surface area contributed by atoms with Crippen molar-refractivity contribution in [3.8, 4) is 0 Å². The van der Waals surface area contributed by atoms with Crippen LogP contribution in [0.3, 0.4) is 0 Å². The third-order valence-corrected chi connectivity index (χ3v) is 4.01. The molecule has 0 aromatic heterocycles. The average Bonchev–Trinajstić information content (AvgIpc) is 2.44. The van der Waals surface area contributed by atoms with Crippen molar-refractivity contribution in [2.45, 2.75) is 53.9 Å². The van der Waals surface area contributed by atoms with Crippen molar-refractivity contribution in [1.29, 1.82) is 0 Å². The smallest absolute Gasteiger partial charge is 0.227 e. The van der Waals surface area contributed by atoms with Crippen molar-refractivity contribution in [1.82, 2.24) is 5.32 Å². The standard InChI is InChI=1S/C16H23Cl2NO.C2H6/c1-10(2)7-8-19-16(20)15(11(3)4)12-5-6-13(17)14(18)9-12;1-2/h5-6,9-11,15H,7-8H2,1-4H3,(H,19,20);1-2H3. The van der Waals surface area contributed by atoms with Crippen molar-refractivity contribution in [2.75, 3.05) is 6.54 Å². The van der Waals surface area contributed by atoms with Crippen molar-refractivity contribution in [3.63, 3.8) is 0 Å². The summed E-state index contributed by atoms with van der Waals surface area (Å²) in [6.45, 7) is 13.1. The summed E-state index contributed by atoms with van der Waals surface area (Å²) >= 11 is 12.0. The molecule has 4 heteroatoms. The quantitative estimate of drug-likeness (QED) is 0.680. The van der Waals surface area contributed by atoms with Crippen molar-refractivity contribution >= 4 is 29.1 Å². The van der Waals surface area contributed by atoms with E-state index in [1.165, 1.54) is 0 Å². The topological polar surface area (TPSA) is 29.1 Å². The summed E-state index contributed by atoms with van der Waals surface area (Å²) in [7, 11) is 0. The molecule has 1 rings (SSSR count). The Morgan fingerprint density at radius 1 is 1.09 bits per heavy atom. The molecule has 0 heterocycles. The van der Waals surface area contributed by atoms with Crippen LogP contribution in [0.5, 0.6) is 0 Å². The lowest BCUT2D eigenvalue weighted by molar-refractivity contribution is -0.123. The summed E-state index contributed by atoms with van der Waals surface area (Å²) in [5.74, 6) is 0.639. The van der Waals surface area contributed by atoms with Gasteiger partial charge in [-0.1, -0.05) is 70.8 Å². The molecule has 0 aliphatic rings. The summed E-state index contributed by atoms with van der Waals surface area (Å²) in [6.07, 6.45) is 0.984. The number of carbonyl (C=O) groups excluding carboxylic acids is 1. The largest absolute Gasteiger partial charge is 0.356 e. The second-order valence-electron chi connectivity index (χ2n) is 5.87. The van der Waals surface area contributed by atoms with Crippen LogP contribution >= 0.6 is 23.2 Å². The van der Waals surface area contributed by atoms with Crippen LogP contribution < -0.4 is 5.32 Å². The van der Waals surface area contributed by atoms with Gasteiger partial charge in [-0.2, -0.15) is 0 Å². The molecular formula is C18H29Cl2NO. The number of carbonyl (C=O) groups is 1. The molecule has 0 saturated heterocycles. The number of halogens is 2. The zero-order valence-electron chi connectivity index (χ0n) is 14.5. The van der Waals surface area contributed by atoms with Crippen LogP contribution in [0.25, 0.3) is 0 Å². The molecule has 1 aromatic carbocycles. The predicted octanol–water partition coefficient (Wildman–Crippen LogP) is 5.92. The minimum absolute atomic E-state index is 0.0547. The van der Waals surface area contributed by atoms with Gasteiger partial charge in [0.1, 0.15) is 0 Å². The van der Waals surface area contributed by atoms with Crippen molar-refractivity contribution in [3.05, 3.63) is 33.8 Å². The maximum Gasteiger partial charge on any atom is 0.227 e. The molecule has 2 nitrogen and oxygen atoms in total. The Kier molecular flexibility index (Phi) is 10.5. The van der Waals surface area contributed by atoms with Crippen LogP contribution in [-0.4, -0.2) is 12.5 Å². The first-order valence-corrected chi connectivity index (χ1v) is 8.81. The molecule has 0 aliphatic carbocycles. The third kappa shape index (κ3) is 7.02. The molecule has 126 valence electrons. The fourth-order valence-electron chi connectivity index (χ4n) is 2.14. The lowest BCUT2D eigenvalue weighted by Gasteiger charge is -2.21. The highest BCUT2D eigenvalue weighted by molar-refractivity contribution is 6.42. The molecule has 22 heavy (non-hydrogen) atoms. The second-order valence-corrected chi connectivity index (χ2v) is 6.68. The monoisotopic (exact) mass is 345 g/mol. The molecule has 1 atom stereocenters. The first kappa shape index (κ1) is 21.3. The van der Waals surface area contributed by atoms with Gasteiger partial charge in [-0.25, -0.2) is 0 Å². The number of hydrogen-bond donors (Lipinski definition) is 1. The average molecular weight is 346 g/mol. The summed E-state index contributed by atoms with van der Waals surface area (Å²) in [6, 6.07) is 5.41.